The van der Waals surface area contributed by atoms with E-state index in [1.54, 1.807) is 11.5 Å². The van der Waals surface area contributed by atoms with Crippen molar-refractivity contribution in [2.75, 3.05) is 0 Å². The second-order valence-corrected chi connectivity index (χ2v) is 7.14. The highest BCUT2D eigenvalue weighted by molar-refractivity contribution is 5.91. The largest absolute Gasteiger partial charge is 0.478 e. The average Bonchev–Trinajstić information content (AvgIpc) is 2.92. The molecule has 1 aromatic heterocycles. The monoisotopic (exact) mass is 383 g/mol. The Bertz CT molecular complexity index is 848. The Morgan fingerprint density at radius 2 is 1.85 bits per heavy atom. The van der Waals surface area contributed by atoms with E-state index < -0.39 is 23.5 Å². The zero-order valence-corrected chi connectivity index (χ0v) is 14.9. The van der Waals surface area contributed by atoms with Crippen LogP contribution in [0.4, 0.5) is 17.6 Å². The van der Waals surface area contributed by atoms with Gasteiger partial charge in [-0.1, -0.05) is 19.3 Å². The van der Waals surface area contributed by atoms with Gasteiger partial charge in [-0.05, 0) is 49.9 Å². The number of aromatic carboxylic acids is 1. The second kappa shape index (κ2) is 7.37. The van der Waals surface area contributed by atoms with Gasteiger partial charge in [0.2, 0.25) is 0 Å². The van der Waals surface area contributed by atoms with Gasteiger partial charge in [0, 0.05) is 17.8 Å². The van der Waals surface area contributed by atoms with Crippen LogP contribution in [0.5, 0.6) is 0 Å². The molecular formula is C20H21F4NO2. The van der Waals surface area contributed by atoms with Crippen molar-refractivity contribution in [3.8, 4) is 11.3 Å². The number of benzene rings is 1. The number of carboxylic acids is 1. The van der Waals surface area contributed by atoms with E-state index in [0.29, 0.717) is 24.2 Å². The van der Waals surface area contributed by atoms with E-state index in [4.69, 9.17) is 0 Å². The summed E-state index contributed by atoms with van der Waals surface area (Å²) in [6.45, 7) is 2.09. The first-order valence-electron chi connectivity index (χ1n) is 8.99. The predicted molar refractivity (Wildman–Crippen MR) is 93.1 cm³/mol. The Hall–Kier alpha value is -2.31. The zero-order chi connectivity index (χ0) is 19.8. The lowest BCUT2D eigenvalue weighted by atomic mass is 9.89. The number of rotatable bonds is 4. The maximum atomic E-state index is 14.4. The van der Waals surface area contributed by atoms with Crippen molar-refractivity contribution in [2.45, 2.75) is 51.7 Å². The molecule has 0 radical (unpaired) electrons. The van der Waals surface area contributed by atoms with Crippen LogP contribution >= 0.6 is 0 Å². The van der Waals surface area contributed by atoms with Gasteiger partial charge in [-0.25, -0.2) is 9.18 Å². The molecule has 0 unspecified atom stereocenters. The zero-order valence-electron chi connectivity index (χ0n) is 14.9. The molecule has 1 aromatic carbocycles. The topological polar surface area (TPSA) is 42.2 Å². The highest BCUT2D eigenvalue weighted by atomic mass is 19.4. The predicted octanol–water partition coefficient (Wildman–Crippen LogP) is 5.90. The van der Waals surface area contributed by atoms with Crippen molar-refractivity contribution in [2.24, 2.45) is 5.92 Å². The molecule has 1 N–H and O–H groups in total. The summed E-state index contributed by atoms with van der Waals surface area (Å²) in [7, 11) is 0. The molecule has 3 rings (SSSR count). The number of hydrogen-bond donors (Lipinski definition) is 1. The highest BCUT2D eigenvalue weighted by Gasteiger charge is 2.32. The van der Waals surface area contributed by atoms with E-state index in [9.17, 15) is 27.5 Å². The molecule has 1 saturated carbocycles. The molecule has 3 nitrogen and oxygen atoms in total. The lowest BCUT2D eigenvalue weighted by Crippen LogP contribution is -2.16. The number of halogens is 4. The van der Waals surface area contributed by atoms with Gasteiger partial charge < -0.3 is 9.67 Å². The first-order chi connectivity index (χ1) is 12.7. The molecule has 0 atom stereocenters. The Kier molecular flexibility index (Phi) is 5.31. The van der Waals surface area contributed by atoms with Gasteiger partial charge in [0.15, 0.2) is 0 Å². The molecule has 1 aliphatic rings. The van der Waals surface area contributed by atoms with Crippen molar-refractivity contribution >= 4 is 5.97 Å². The van der Waals surface area contributed by atoms with Gasteiger partial charge in [0.05, 0.1) is 16.8 Å². The van der Waals surface area contributed by atoms with Crippen molar-refractivity contribution in [1.29, 1.82) is 0 Å². The van der Waals surface area contributed by atoms with Crippen LogP contribution in [-0.2, 0) is 12.7 Å². The van der Waals surface area contributed by atoms with E-state index in [1.165, 1.54) is 6.07 Å². The molecule has 0 saturated heterocycles. The molecule has 1 aliphatic carbocycles. The third-order valence-corrected chi connectivity index (χ3v) is 5.33. The van der Waals surface area contributed by atoms with E-state index in [2.05, 4.69) is 0 Å². The van der Waals surface area contributed by atoms with Gasteiger partial charge in [0.1, 0.15) is 5.82 Å². The second-order valence-electron chi connectivity index (χ2n) is 7.14. The van der Waals surface area contributed by atoms with Crippen LogP contribution in [0.3, 0.4) is 0 Å². The van der Waals surface area contributed by atoms with Crippen molar-refractivity contribution in [1.82, 2.24) is 4.57 Å². The molecular weight excluding hydrogens is 362 g/mol. The lowest BCUT2D eigenvalue weighted by molar-refractivity contribution is -0.137. The Morgan fingerprint density at radius 1 is 1.19 bits per heavy atom. The van der Waals surface area contributed by atoms with Crippen molar-refractivity contribution in [3.63, 3.8) is 0 Å². The summed E-state index contributed by atoms with van der Waals surface area (Å²) >= 11 is 0. The van der Waals surface area contributed by atoms with Gasteiger partial charge in [-0.3, -0.25) is 0 Å². The fourth-order valence-corrected chi connectivity index (χ4v) is 3.85. The number of carboxylic acid groups (broad SMARTS) is 1. The van der Waals surface area contributed by atoms with Crippen LogP contribution < -0.4 is 0 Å². The Labute approximate surface area is 154 Å². The molecule has 0 bridgehead atoms. The van der Waals surface area contributed by atoms with Crippen LogP contribution in [0.1, 0.15) is 53.7 Å². The average molecular weight is 383 g/mol. The molecule has 0 amide bonds. The molecule has 7 heteroatoms. The smallest absolute Gasteiger partial charge is 0.416 e. The summed E-state index contributed by atoms with van der Waals surface area (Å²) in [5.74, 6) is -1.68. The molecule has 2 aromatic rings. The minimum Gasteiger partial charge on any atom is -0.478 e. The van der Waals surface area contributed by atoms with Crippen LogP contribution in [0.2, 0.25) is 0 Å². The van der Waals surface area contributed by atoms with Crippen LogP contribution in [0, 0.1) is 18.7 Å². The van der Waals surface area contributed by atoms with Gasteiger partial charge in [-0.15, -0.1) is 0 Å². The minimum absolute atomic E-state index is 0.0161. The molecule has 0 spiro atoms. The van der Waals surface area contributed by atoms with Crippen molar-refractivity contribution in [3.05, 3.63) is 46.9 Å². The molecule has 146 valence electrons. The van der Waals surface area contributed by atoms with E-state index in [1.807, 2.05) is 0 Å². The quantitative estimate of drug-likeness (QED) is 0.668. The molecule has 27 heavy (non-hydrogen) atoms. The Balaban J connectivity index is 2.11. The van der Waals surface area contributed by atoms with Gasteiger partial charge in [-0.2, -0.15) is 13.2 Å². The maximum Gasteiger partial charge on any atom is 0.416 e. The first-order valence-corrected chi connectivity index (χ1v) is 8.99. The minimum atomic E-state index is -4.60. The summed E-state index contributed by atoms with van der Waals surface area (Å²) in [5, 5.41) is 9.42. The number of aromatic nitrogens is 1. The number of nitrogens with zero attached hydrogens (tertiary/aromatic N) is 1. The van der Waals surface area contributed by atoms with Crippen LogP contribution in [0.15, 0.2) is 24.3 Å². The first kappa shape index (κ1) is 19.5. The maximum absolute atomic E-state index is 14.4. The van der Waals surface area contributed by atoms with Gasteiger partial charge >= 0.3 is 12.1 Å². The normalized spacial score (nSPS) is 15.9. The third-order valence-electron chi connectivity index (χ3n) is 5.33. The fourth-order valence-electron chi connectivity index (χ4n) is 3.85. The van der Waals surface area contributed by atoms with Gasteiger partial charge in [0.25, 0.3) is 0 Å². The summed E-state index contributed by atoms with van der Waals surface area (Å²) in [6.07, 6.45) is 0.647. The molecule has 0 aliphatic heterocycles. The van der Waals surface area contributed by atoms with Crippen molar-refractivity contribution < 1.29 is 27.5 Å². The van der Waals surface area contributed by atoms with E-state index >= 15 is 0 Å². The highest BCUT2D eigenvalue weighted by Crippen LogP contribution is 2.36. The van der Waals surface area contributed by atoms with E-state index in [0.717, 1.165) is 44.2 Å². The van der Waals surface area contributed by atoms with Crippen LogP contribution in [-0.4, -0.2) is 15.6 Å². The van der Waals surface area contributed by atoms with Crippen LogP contribution in [0.25, 0.3) is 11.3 Å². The lowest BCUT2D eigenvalue weighted by Gasteiger charge is -2.24. The SMILES string of the molecule is Cc1c(C(=O)O)cc(-c2cc(C(F)(F)F)ccc2F)n1CC1CCCCC1. The number of carbonyl (C=O) groups is 1. The summed E-state index contributed by atoms with van der Waals surface area (Å²) in [5.41, 5.74) is -0.591. The fraction of sp³-hybridized carbons (Fsp3) is 0.450. The standard InChI is InChI=1S/C20H21F4NO2/c1-12-15(19(26)27)10-18(25(12)11-13-5-3-2-4-6-13)16-9-14(20(22,23)24)7-8-17(16)21/h7-10,13H,2-6,11H2,1H3,(H,26,27). The van der Waals surface area contributed by atoms with E-state index in [-0.39, 0.29) is 16.8 Å². The Morgan fingerprint density at radius 3 is 2.44 bits per heavy atom. The summed E-state index contributed by atoms with van der Waals surface area (Å²) < 4.78 is 55.3. The number of alkyl halides is 3. The molecule has 1 fully saturated rings. The number of hydrogen-bond acceptors (Lipinski definition) is 1. The summed E-state index contributed by atoms with van der Waals surface area (Å²) in [4.78, 5) is 11.5. The third kappa shape index (κ3) is 4.01. The molecule has 1 heterocycles. The summed E-state index contributed by atoms with van der Waals surface area (Å²) in [6, 6.07) is 3.51.